The lowest BCUT2D eigenvalue weighted by Gasteiger charge is -2.13. The molecule has 0 fully saturated rings. The second-order valence-corrected chi connectivity index (χ2v) is 4.29. The molecule has 1 atom stereocenters. The van der Waals surface area contributed by atoms with E-state index in [9.17, 15) is 9.59 Å². The molecule has 0 aliphatic rings. The first-order valence-electron chi connectivity index (χ1n) is 6.30. The second kappa shape index (κ2) is 6.06. The van der Waals surface area contributed by atoms with Crippen LogP contribution in [0.2, 0.25) is 0 Å². The van der Waals surface area contributed by atoms with Crippen LogP contribution in [-0.4, -0.2) is 23.3 Å². The first kappa shape index (κ1) is 13.9. The molecule has 0 heterocycles. The van der Waals surface area contributed by atoms with Gasteiger partial charge in [0.05, 0.1) is 5.69 Å². The van der Waals surface area contributed by atoms with Crippen molar-refractivity contribution in [2.45, 2.75) is 19.4 Å². The lowest BCUT2D eigenvalue weighted by molar-refractivity contribution is -0.146. The summed E-state index contributed by atoms with van der Waals surface area (Å²) in [4.78, 5) is 22.6. The number of anilines is 1. The van der Waals surface area contributed by atoms with Crippen molar-refractivity contribution in [3.05, 3.63) is 42.5 Å². The quantitative estimate of drug-likeness (QED) is 0.896. The topological polar surface area (TPSA) is 75.6 Å². The molecule has 2 rings (SSSR count). The Morgan fingerprint density at radius 1 is 1.20 bits per heavy atom. The number of rotatable bonds is 4. The van der Waals surface area contributed by atoms with E-state index in [1.165, 1.54) is 0 Å². The molecule has 1 amide bonds. The molecule has 5 heteroatoms. The lowest BCUT2D eigenvalue weighted by atomic mass is 10.1. The highest BCUT2D eigenvalue weighted by atomic mass is 16.6. The van der Waals surface area contributed by atoms with Gasteiger partial charge < -0.3 is 9.84 Å². The van der Waals surface area contributed by atoms with Crippen LogP contribution >= 0.6 is 0 Å². The summed E-state index contributed by atoms with van der Waals surface area (Å²) in [7, 11) is 0. The monoisotopic (exact) mass is 273 g/mol. The van der Waals surface area contributed by atoms with Gasteiger partial charge in [-0.15, -0.1) is 0 Å². The summed E-state index contributed by atoms with van der Waals surface area (Å²) < 4.78 is 4.86. The van der Waals surface area contributed by atoms with Crippen molar-refractivity contribution in [1.82, 2.24) is 0 Å². The van der Waals surface area contributed by atoms with Crippen molar-refractivity contribution in [1.29, 1.82) is 0 Å². The molecule has 0 bridgehead atoms. The fraction of sp³-hybridized carbons (Fsp3) is 0.200. The summed E-state index contributed by atoms with van der Waals surface area (Å²) >= 11 is 0. The third kappa shape index (κ3) is 3.06. The van der Waals surface area contributed by atoms with E-state index in [1.54, 1.807) is 13.0 Å². The number of benzene rings is 2. The minimum absolute atomic E-state index is 0.221. The zero-order valence-corrected chi connectivity index (χ0v) is 11.0. The van der Waals surface area contributed by atoms with Gasteiger partial charge >= 0.3 is 12.1 Å². The number of hydrogen-bond donors (Lipinski definition) is 2. The SMILES string of the molecule is CCC(OC(=O)Nc1cccc2ccccc12)C(=O)O. The van der Waals surface area contributed by atoms with Crippen LogP contribution in [0.25, 0.3) is 10.8 Å². The van der Waals surface area contributed by atoms with Gasteiger partial charge in [0.2, 0.25) is 0 Å². The molecule has 104 valence electrons. The van der Waals surface area contributed by atoms with Crippen LogP contribution in [0.4, 0.5) is 10.5 Å². The molecule has 0 spiro atoms. The minimum atomic E-state index is -1.15. The Labute approximate surface area is 116 Å². The van der Waals surface area contributed by atoms with E-state index in [1.807, 2.05) is 36.4 Å². The van der Waals surface area contributed by atoms with E-state index < -0.39 is 18.2 Å². The third-order valence-electron chi connectivity index (χ3n) is 2.92. The first-order chi connectivity index (χ1) is 9.61. The molecular formula is C15H15NO4. The smallest absolute Gasteiger partial charge is 0.412 e. The highest BCUT2D eigenvalue weighted by Crippen LogP contribution is 2.23. The Kier molecular flexibility index (Phi) is 4.20. The molecule has 0 aromatic heterocycles. The normalized spacial score (nSPS) is 11.8. The molecule has 20 heavy (non-hydrogen) atoms. The number of nitrogens with one attached hydrogen (secondary N) is 1. The zero-order chi connectivity index (χ0) is 14.5. The standard InChI is InChI=1S/C15H15NO4/c1-2-13(14(17)18)20-15(19)16-12-9-5-7-10-6-3-4-8-11(10)12/h3-9,13H,2H2,1H3,(H,16,19)(H,17,18). The molecule has 0 saturated carbocycles. The summed E-state index contributed by atoms with van der Waals surface area (Å²) in [5.74, 6) is -1.15. The van der Waals surface area contributed by atoms with E-state index in [0.717, 1.165) is 10.8 Å². The van der Waals surface area contributed by atoms with Crippen LogP contribution in [-0.2, 0) is 9.53 Å². The number of carbonyl (C=O) groups is 2. The molecule has 1 unspecified atom stereocenters. The van der Waals surface area contributed by atoms with Crippen molar-refractivity contribution in [3.8, 4) is 0 Å². The van der Waals surface area contributed by atoms with Crippen LogP contribution in [0.15, 0.2) is 42.5 Å². The van der Waals surface area contributed by atoms with Crippen LogP contribution < -0.4 is 5.32 Å². The number of carboxylic acids is 1. The fourth-order valence-electron chi connectivity index (χ4n) is 1.91. The van der Waals surface area contributed by atoms with Crippen molar-refractivity contribution >= 4 is 28.5 Å². The average Bonchev–Trinajstić information content (AvgIpc) is 2.45. The van der Waals surface area contributed by atoms with E-state index >= 15 is 0 Å². The number of fused-ring (bicyclic) bond motifs is 1. The molecule has 0 radical (unpaired) electrons. The number of aliphatic carboxylic acids is 1. The molecule has 2 aromatic rings. The van der Waals surface area contributed by atoms with Crippen LogP contribution in [0.5, 0.6) is 0 Å². The van der Waals surface area contributed by atoms with Gasteiger partial charge in [-0.2, -0.15) is 0 Å². The first-order valence-corrected chi connectivity index (χ1v) is 6.30. The summed E-state index contributed by atoms with van der Waals surface area (Å²) in [5.41, 5.74) is 0.591. The molecule has 2 aromatic carbocycles. The van der Waals surface area contributed by atoms with Crippen LogP contribution in [0.1, 0.15) is 13.3 Å². The summed E-state index contributed by atoms with van der Waals surface area (Å²) in [6.07, 6.45) is -1.68. The number of amides is 1. The van der Waals surface area contributed by atoms with Gasteiger partial charge in [0.15, 0.2) is 6.10 Å². The summed E-state index contributed by atoms with van der Waals surface area (Å²) in [5, 5.41) is 13.3. The minimum Gasteiger partial charge on any atom is -0.479 e. The maximum absolute atomic E-state index is 11.7. The molecule has 2 N–H and O–H groups in total. The van der Waals surface area contributed by atoms with Gasteiger partial charge in [0, 0.05) is 5.39 Å². The summed E-state index contributed by atoms with van der Waals surface area (Å²) in [6.45, 7) is 1.64. The van der Waals surface area contributed by atoms with Gasteiger partial charge in [-0.05, 0) is 17.9 Å². The van der Waals surface area contributed by atoms with Gasteiger partial charge in [0.25, 0.3) is 0 Å². The van der Waals surface area contributed by atoms with Crippen molar-refractivity contribution < 1.29 is 19.4 Å². The maximum atomic E-state index is 11.7. The van der Waals surface area contributed by atoms with Gasteiger partial charge in [-0.1, -0.05) is 43.3 Å². The largest absolute Gasteiger partial charge is 0.479 e. The summed E-state index contributed by atoms with van der Waals surface area (Å²) in [6, 6.07) is 13.1. The lowest BCUT2D eigenvalue weighted by Crippen LogP contribution is -2.28. The molecule has 5 nitrogen and oxygen atoms in total. The van der Waals surface area contributed by atoms with E-state index in [4.69, 9.17) is 9.84 Å². The van der Waals surface area contributed by atoms with Gasteiger partial charge in [-0.25, -0.2) is 9.59 Å². The molecule has 0 aliphatic carbocycles. The Balaban J connectivity index is 2.16. The Bertz CT molecular complexity index is 633. The number of ether oxygens (including phenoxy) is 1. The Morgan fingerprint density at radius 2 is 1.90 bits per heavy atom. The Hall–Kier alpha value is -2.56. The van der Waals surface area contributed by atoms with E-state index in [2.05, 4.69) is 5.32 Å². The highest BCUT2D eigenvalue weighted by molar-refractivity contribution is 6.00. The van der Waals surface area contributed by atoms with Crippen LogP contribution in [0.3, 0.4) is 0 Å². The van der Waals surface area contributed by atoms with Gasteiger partial charge in [-0.3, -0.25) is 5.32 Å². The number of hydrogen-bond acceptors (Lipinski definition) is 3. The van der Waals surface area contributed by atoms with Gasteiger partial charge in [0.1, 0.15) is 0 Å². The predicted molar refractivity (Wildman–Crippen MR) is 75.8 cm³/mol. The second-order valence-electron chi connectivity index (χ2n) is 4.29. The number of carboxylic acid groups (broad SMARTS) is 1. The highest BCUT2D eigenvalue weighted by Gasteiger charge is 2.20. The molecular weight excluding hydrogens is 258 g/mol. The predicted octanol–water partition coefficient (Wildman–Crippen LogP) is 3.25. The molecule has 0 aliphatic heterocycles. The van der Waals surface area contributed by atoms with Crippen molar-refractivity contribution in [3.63, 3.8) is 0 Å². The van der Waals surface area contributed by atoms with E-state index in [0.29, 0.717) is 5.69 Å². The number of carbonyl (C=O) groups excluding carboxylic acids is 1. The van der Waals surface area contributed by atoms with E-state index in [-0.39, 0.29) is 6.42 Å². The van der Waals surface area contributed by atoms with Crippen molar-refractivity contribution in [2.24, 2.45) is 0 Å². The zero-order valence-electron chi connectivity index (χ0n) is 11.0. The average molecular weight is 273 g/mol. The maximum Gasteiger partial charge on any atom is 0.412 e. The van der Waals surface area contributed by atoms with Crippen LogP contribution in [0, 0.1) is 0 Å². The molecule has 0 saturated heterocycles. The third-order valence-corrected chi connectivity index (χ3v) is 2.92. The van der Waals surface area contributed by atoms with Crippen molar-refractivity contribution in [2.75, 3.05) is 5.32 Å². The fourth-order valence-corrected chi connectivity index (χ4v) is 1.91. The Morgan fingerprint density at radius 3 is 2.60 bits per heavy atom.